The fourth-order valence-electron chi connectivity index (χ4n) is 6.37. The van der Waals surface area contributed by atoms with Gasteiger partial charge in [-0.15, -0.1) is 11.3 Å². The molecule has 0 spiro atoms. The van der Waals surface area contributed by atoms with Gasteiger partial charge in [-0.3, -0.25) is 19.3 Å². The number of nitrogens with one attached hydrogen (secondary N) is 2. The minimum absolute atomic E-state index is 0.134. The third-order valence-corrected chi connectivity index (χ3v) is 10.2. The summed E-state index contributed by atoms with van der Waals surface area (Å²) >= 11 is 1.44. The van der Waals surface area contributed by atoms with Crippen molar-refractivity contribution in [3.8, 4) is 11.1 Å². The number of aromatic nitrogens is 2. The molecule has 0 radical (unpaired) electrons. The number of nitrogens with zero attached hydrogens (tertiary/aromatic N) is 2. The van der Waals surface area contributed by atoms with Crippen molar-refractivity contribution in [2.45, 2.75) is 64.7 Å². The van der Waals surface area contributed by atoms with E-state index >= 15 is 0 Å². The van der Waals surface area contributed by atoms with Gasteiger partial charge in [0, 0.05) is 43.0 Å². The average Bonchev–Trinajstić information content (AvgIpc) is 3.59. The topological polar surface area (TPSA) is 156 Å². The number of carbonyl (C=O) groups excluding carboxylic acids is 1. The van der Waals surface area contributed by atoms with Crippen LogP contribution < -0.4 is 10.9 Å². The number of hydrogen-bond acceptors (Lipinski definition) is 8. The number of rotatable bonds is 7. The molecule has 10 nitrogen and oxygen atoms in total. The zero-order valence-electron chi connectivity index (χ0n) is 26.4. The molecule has 1 saturated heterocycles. The van der Waals surface area contributed by atoms with Crippen LogP contribution in [0.25, 0.3) is 21.3 Å². The van der Waals surface area contributed by atoms with Crippen molar-refractivity contribution in [3.05, 3.63) is 86.8 Å². The smallest absolute Gasteiger partial charge is 0.290 e. The lowest BCUT2D eigenvalue weighted by Gasteiger charge is -2.34. The number of benzene rings is 1. The summed E-state index contributed by atoms with van der Waals surface area (Å²) in [5.74, 6) is 0.486. The second kappa shape index (κ2) is 14.3. The van der Waals surface area contributed by atoms with Crippen LogP contribution in [-0.4, -0.2) is 74.4 Å². The quantitative estimate of drug-likeness (QED) is 0.185. The number of β-amino-alcohol motifs (C(OH)–C–C–N with tert-alkyl or cyclic N) is 2. The molecule has 1 aliphatic carbocycles. The standard InChI is InChI=1S/C34H40N4O4S.CH2O2/c1-34(2,3)25-9-10-26-23(15-25)14-24-16-30(43-33(24)37-26)32(42)36-27(12-13-38-18-28(39)29(40)19-38)21-6-4-20(5-7-21)22-8-11-31(41)35-17-22;2-1-3/h4-8,11,14,16-17,25,27-29,39-40H,9-10,12-13,15,18-19H2,1-3H3,(H,35,41)(H,36,42);1H,(H,2,3)/t25-,27+,28+,29+;/m0./s1. The van der Waals surface area contributed by atoms with Gasteiger partial charge in [-0.2, -0.15) is 0 Å². The number of aliphatic hydroxyl groups is 2. The van der Waals surface area contributed by atoms with E-state index in [-0.39, 0.29) is 29.4 Å². The van der Waals surface area contributed by atoms with Gasteiger partial charge < -0.3 is 25.6 Å². The molecule has 1 aliphatic heterocycles. The third kappa shape index (κ3) is 7.90. The van der Waals surface area contributed by atoms with Gasteiger partial charge in [0.1, 0.15) is 4.83 Å². The van der Waals surface area contributed by atoms with E-state index < -0.39 is 12.2 Å². The number of pyridine rings is 2. The van der Waals surface area contributed by atoms with Crippen LogP contribution in [0.5, 0.6) is 0 Å². The fraction of sp³-hybridized carbons (Fsp3) is 0.429. The highest BCUT2D eigenvalue weighted by Crippen LogP contribution is 2.38. The van der Waals surface area contributed by atoms with Crippen LogP contribution in [0.4, 0.5) is 0 Å². The van der Waals surface area contributed by atoms with Crippen LogP contribution in [0.1, 0.15) is 66.1 Å². The van der Waals surface area contributed by atoms with Crippen LogP contribution in [0.2, 0.25) is 0 Å². The van der Waals surface area contributed by atoms with Crippen molar-refractivity contribution in [3.63, 3.8) is 0 Å². The maximum Gasteiger partial charge on any atom is 0.290 e. The Hall–Kier alpha value is -3.90. The van der Waals surface area contributed by atoms with Gasteiger partial charge in [0.2, 0.25) is 5.56 Å². The number of thiophene rings is 1. The third-order valence-electron chi connectivity index (χ3n) is 9.13. The molecule has 0 bridgehead atoms. The number of likely N-dealkylation sites (tertiary alicyclic amines) is 1. The molecule has 4 atom stereocenters. The zero-order valence-corrected chi connectivity index (χ0v) is 27.2. The van der Waals surface area contributed by atoms with Gasteiger partial charge in [-0.05, 0) is 77.5 Å². The second-order valence-electron chi connectivity index (χ2n) is 13.3. The molecule has 11 heteroatoms. The first-order valence-electron chi connectivity index (χ1n) is 15.6. The monoisotopic (exact) mass is 646 g/mol. The summed E-state index contributed by atoms with van der Waals surface area (Å²) in [7, 11) is 0. The van der Waals surface area contributed by atoms with E-state index in [1.165, 1.54) is 23.0 Å². The van der Waals surface area contributed by atoms with E-state index in [4.69, 9.17) is 14.9 Å². The number of carboxylic acid groups (broad SMARTS) is 1. The summed E-state index contributed by atoms with van der Waals surface area (Å²) in [5.41, 5.74) is 5.40. The van der Waals surface area contributed by atoms with E-state index in [2.05, 4.69) is 37.1 Å². The van der Waals surface area contributed by atoms with Crippen molar-refractivity contribution in [2.24, 2.45) is 11.3 Å². The van der Waals surface area contributed by atoms with Crippen LogP contribution in [-0.2, 0) is 17.6 Å². The Morgan fingerprint density at radius 3 is 2.41 bits per heavy atom. The molecule has 1 aromatic carbocycles. The lowest BCUT2D eigenvalue weighted by molar-refractivity contribution is -0.122. The molecule has 0 unspecified atom stereocenters. The molecule has 3 aromatic heterocycles. The van der Waals surface area contributed by atoms with Gasteiger partial charge in [-0.1, -0.05) is 45.0 Å². The van der Waals surface area contributed by atoms with Crippen molar-refractivity contribution in [2.75, 3.05) is 19.6 Å². The molecule has 5 N–H and O–H groups in total. The molecule has 46 heavy (non-hydrogen) atoms. The highest BCUT2D eigenvalue weighted by atomic mass is 32.1. The highest BCUT2D eigenvalue weighted by Gasteiger charge is 2.31. The lowest BCUT2D eigenvalue weighted by atomic mass is 9.71. The maximum absolute atomic E-state index is 13.7. The summed E-state index contributed by atoms with van der Waals surface area (Å²) in [6.07, 6.45) is 3.95. The van der Waals surface area contributed by atoms with Gasteiger partial charge in [-0.25, -0.2) is 4.98 Å². The SMILES string of the molecule is CC(C)(C)[C@H]1CCc2nc3sc(C(=O)N[C@H](CCN4C[C@@H](O)[C@H](O)C4)c4ccc(-c5ccc(=O)[nH]c5)cc4)cc3cc2C1.O=CO. The van der Waals surface area contributed by atoms with Gasteiger partial charge in [0.05, 0.1) is 23.1 Å². The summed E-state index contributed by atoms with van der Waals surface area (Å²) in [4.78, 5) is 44.8. The van der Waals surface area contributed by atoms with Crippen molar-refractivity contribution in [1.82, 2.24) is 20.2 Å². The van der Waals surface area contributed by atoms with E-state index in [1.54, 1.807) is 12.3 Å². The summed E-state index contributed by atoms with van der Waals surface area (Å²) < 4.78 is 0. The minimum Gasteiger partial charge on any atom is -0.483 e. The average molecular weight is 647 g/mol. The first-order chi connectivity index (χ1) is 21.9. The maximum atomic E-state index is 13.7. The van der Waals surface area contributed by atoms with Gasteiger partial charge >= 0.3 is 0 Å². The summed E-state index contributed by atoms with van der Waals surface area (Å²) in [6.45, 7) is 8.12. The number of hydrogen-bond donors (Lipinski definition) is 5. The number of fused-ring (bicyclic) bond motifs is 2. The highest BCUT2D eigenvalue weighted by molar-refractivity contribution is 7.20. The summed E-state index contributed by atoms with van der Waals surface area (Å²) in [6, 6.07) is 15.2. The molecule has 6 rings (SSSR count). The Balaban J connectivity index is 0.00000134. The second-order valence-corrected chi connectivity index (χ2v) is 14.3. The number of aromatic amines is 1. The Morgan fingerprint density at radius 2 is 1.78 bits per heavy atom. The van der Waals surface area contributed by atoms with Crippen molar-refractivity contribution in [1.29, 1.82) is 0 Å². The fourth-order valence-corrected chi connectivity index (χ4v) is 7.30. The minimum atomic E-state index is -0.750. The predicted molar refractivity (Wildman–Crippen MR) is 179 cm³/mol. The molecule has 0 saturated carbocycles. The molecule has 4 aromatic rings. The van der Waals surface area contributed by atoms with Gasteiger partial charge in [0.25, 0.3) is 12.4 Å². The molecular formula is C35H42N4O6S. The number of aliphatic hydroxyl groups excluding tert-OH is 2. The predicted octanol–water partition coefficient (Wildman–Crippen LogP) is 4.40. The Labute approximate surface area is 272 Å². The molecule has 2 aliphatic rings. The first kappa shape index (κ1) is 33.5. The lowest BCUT2D eigenvalue weighted by Crippen LogP contribution is -2.32. The molecule has 4 heterocycles. The molecular weight excluding hydrogens is 604 g/mol. The molecule has 1 amide bonds. The number of amides is 1. The van der Waals surface area contributed by atoms with Crippen LogP contribution in [0.15, 0.2) is 59.5 Å². The number of H-pyrrole nitrogens is 1. The van der Waals surface area contributed by atoms with Crippen LogP contribution in [0, 0.1) is 11.3 Å². The normalized spacial score (nSPS) is 20.4. The van der Waals surface area contributed by atoms with Crippen molar-refractivity contribution >= 4 is 33.9 Å². The Kier molecular flexibility index (Phi) is 10.4. The van der Waals surface area contributed by atoms with Crippen LogP contribution >= 0.6 is 11.3 Å². The Morgan fingerprint density at radius 1 is 1.11 bits per heavy atom. The molecule has 1 fully saturated rings. The number of carbonyl (C=O) groups is 2. The number of aryl methyl sites for hydroxylation is 1. The van der Waals surface area contributed by atoms with E-state index in [9.17, 15) is 19.8 Å². The van der Waals surface area contributed by atoms with Crippen molar-refractivity contribution < 1.29 is 24.9 Å². The molecule has 244 valence electrons. The van der Waals surface area contributed by atoms with Gasteiger partial charge in [0.15, 0.2) is 0 Å². The first-order valence-corrected chi connectivity index (χ1v) is 16.5. The summed E-state index contributed by atoms with van der Waals surface area (Å²) in [5, 5.41) is 31.2. The Bertz CT molecular complexity index is 1700. The van der Waals surface area contributed by atoms with Crippen LogP contribution in [0.3, 0.4) is 0 Å². The van der Waals surface area contributed by atoms with E-state index in [0.29, 0.717) is 36.9 Å². The largest absolute Gasteiger partial charge is 0.483 e. The van der Waals surface area contributed by atoms with E-state index in [1.807, 2.05) is 35.2 Å². The zero-order chi connectivity index (χ0) is 33.0. The van der Waals surface area contributed by atoms with E-state index in [0.717, 1.165) is 51.9 Å².